The number of rotatable bonds is 2. The molecule has 2 aliphatic heterocycles. The Labute approximate surface area is 140 Å². The Kier molecular flexibility index (Phi) is 3.06. The normalized spacial score (nSPS) is 23.6. The highest BCUT2D eigenvalue weighted by atomic mass is 15.3. The van der Waals surface area contributed by atoms with Gasteiger partial charge in [0.05, 0.1) is 17.3 Å². The monoisotopic (exact) mass is 320 g/mol. The minimum Gasteiger partial charge on any atom is -0.355 e. The first kappa shape index (κ1) is 13.9. The third-order valence-electron chi connectivity index (χ3n) is 5.42. The average Bonchev–Trinajstić information content (AvgIpc) is 3.36. The van der Waals surface area contributed by atoms with E-state index in [0.717, 1.165) is 48.7 Å². The predicted octanol–water partition coefficient (Wildman–Crippen LogP) is 2.01. The molecule has 5 rings (SSSR count). The number of benzene rings is 1. The molecule has 0 saturated carbocycles. The van der Waals surface area contributed by atoms with Gasteiger partial charge in [-0.25, -0.2) is 14.6 Å². The molecule has 2 saturated heterocycles. The summed E-state index contributed by atoms with van der Waals surface area (Å²) in [6.07, 6.45) is 6.06. The van der Waals surface area contributed by atoms with Gasteiger partial charge in [-0.3, -0.25) is 0 Å². The van der Waals surface area contributed by atoms with E-state index in [2.05, 4.69) is 25.3 Å². The van der Waals surface area contributed by atoms with E-state index >= 15 is 0 Å². The van der Waals surface area contributed by atoms with E-state index in [1.807, 2.05) is 41.2 Å². The zero-order chi connectivity index (χ0) is 16.0. The summed E-state index contributed by atoms with van der Waals surface area (Å²) in [5.74, 6) is 1.02. The largest absolute Gasteiger partial charge is 0.355 e. The molecule has 2 aromatic heterocycles. The van der Waals surface area contributed by atoms with Crippen molar-refractivity contribution in [1.82, 2.24) is 25.1 Å². The first-order valence-electron chi connectivity index (χ1n) is 8.55. The van der Waals surface area contributed by atoms with Crippen molar-refractivity contribution in [2.45, 2.75) is 12.8 Å². The van der Waals surface area contributed by atoms with E-state index in [1.54, 1.807) is 6.33 Å². The molecule has 122 valence electrons. The molecule has 6 heteroatoms. The van der Waals surface area contributed by atoms with Crippen LogP contribution in [-0.2, 0) is 0 Å². The van der Waals surface area contributed by atoms with Crippen molar-refractivity contribution in [3.05, 3.63) is 42.9 Å². The molecular formula is C18H20N6. The number of para-hydroxylation sites is 1. The van der Waals surface area contributed by atoms with Crippen LogP contribution in [0, 0.1) is 5.41 Å². The zero-order valence-electron chi connectivity index (χ0n) is 13.5. The molecule has 4 heterocycles. The van der Waals surface area contributed by atoms with Crippen LogP contribution in [0.15, 0.2) is 42.9 Å². The Morgan fingerprint density at radius 1 is 1.08 bits per heavy atom. The quantitative estimate of drug-likeness (QED) is 0.783. The second-order valence-corrected chi connectivity index (χ2v) is 6.92. The molecule has 1 aromatic carbocycles. The summed E-state index contributed by atoms with van der Waals surface area (Å²) in [5.41, 5.74) is 2.32. The lowest BCUT2D eigenvalue weighted by molar-refractivity contribution is 0.369. The van der Waals surface area contributed by atoms with Crippen molar-refractivity contribution in [3.8, 4) is 5.69 Å². The maximum absolute atomic E-state index is 4.59. The van der Waals surface area contributed by atoms with Crippen molar-refractivity contribution in [3.63, 3.8) is 0 Å². The van der Waals surface area contributed by atoms with Gasteiger partial charge in [0.1, 0.15) is 12.1 Å². The van der Waals surface area contributed by atoms with Gasteiger partial charge in [-0.05, 0) is 31.5 Å². The first-order chi connectivity index (χ1) is 11.8. The topological polar surface area (TPSA) is 58.9 Å². The Morgan fingerprint density at radius 2 is 2.00 bits per heavy atom. The number of aromatic nitrogens is 4. The number of hydrogen-bond acceptors (Lipinski definition) is 5. The SMILES string of the molecule is c1ccc(-n2ncc3c(N4CCC5(CCNC5)C4)ncnc32)cc1. The van der Waals surface area contributed by atoms with Gasteiger partial charge < -0.3 is 10.2 Å². The summed E-state index contributed by atoms with van der Waals surface area (Å²) < 4.78 is 1.89. The van der Waals surface area contributed by atoms with Gasteiger partial charge >= 0.3 is 0 Å². The highest BCUT2D eigenvalue weighted by Gasteiger charge is 2.41. The van der Waals surface area contributed by atoms with Gasteiger partial charge in [-0.1, -0.05) is 18.2 Å². The fraction of sp³-hybridized carbons (Fsp3) is 0.389. The molecule has 0 aliphatic carbocycles. The minimum atomic E-state index is 0.423. The van der Waals surface area contributed by atoms with Crippen LogP contribution in [0.3, 0.4) is 0 Å². The van der Waals surface area contributed by atoms with Crippen LogP contribution in [0.4, 0.5) is 5.82 Å². The number of nitrogens with zero attached hydrogens (tertiary/aromatic N) is 5. The van der Waals surface area contributed by atoms with Crippen LogP contribution in [0.5, 0.6) is 0 Å². The van der Waals surface area contributed by atoms with Gasteiger partial charge in [-0.2, -0.15) is 5.10 Å². The highest BCUT2D eigenvalue weighted by Crippen LogP contribution is 2.39. The lowest BCUT2D eigenvalue weighted by atomic mass is 9.87. The molecule has 24 heavy (non-hydrogen) atoms. The van der Waals surface area contributed by atoms with Crippen LogP contribution in [0.2, 0.25) is 0 Å². The second kappa shape index (κ2) is 5.27. The van der Waals surface area contributed by atoms with Crippen LogP contribution < -0.4 is 10.2 Å². The minimum absolute atomic E-state index is 0.423. The molecule has 1 N–H and O–H groups in total. The predicted molar refractivity (Wildman–Crippen MR) is 93.4 cm³/mol. The van der Waals surface area contributed by atoms with E-state index in [-0.39, 0.29) is 0 Å². The van der Waals surface area contributed by atoms with Crippen molar-refractivity contribution < 1.29 is 0 Å². The number of anilines is 1. The van der Waals surface area contributed by atoms with Gasteiger partial charge in [0.2, 0.25) is 0 Å². The molecular weight excluding hydrogens is 300 g/mol. The molecule has 0 radical (unpaired) electrons. The number of fused-ring (bicyclic) bond motifs is 1. The Balaban J connectivity index is 1.55. The van der Waals surface area contributed by atoms with Crippen molar-refractivity contribution in [2.24, 2.45) is 5.41 Å². The summed E-state index contributed by atoms with van der Waals surface area (Å²) in [4.78, 5) is 11.5. The van der Waals surface area contributed by atoms with Crippen LogP contribution in [0.1, 0.15) is 12.8 Å². The highest BCUT2D eigenvalue weighted by molar-refractivity contribution is 5.87. The summed E-state index contributed by atoms with van der Waals surface area (Å²) >= 11 is 0. The summed E-state index contributed by atoms with van der Waals surface area (Å²) in [6.45, 7) is 4.40. The van der Waals surface area contributed by atoms with E-state index in [0.29, 0.717) is 5.41 Å². The fourth-order valence-corrected chi connectivity index (χ4v) is 4.10. The maximum atomic E-state index is 4.59. The van der Waals surface area contributed by atoms with E-state index in [4.69, 9.17) is 0 Å². The van der Waals surface area contributed by atoms with E-state index in [9.17, 15) is 0 Å². The van der Waals surface area contributed by atoms with Gasteiger partial charge in [-0.15, -0.1) is 0 Å². The first-order valence-corrected chi connectivity index (χ1v) is 8.55. The van der Waals surface area contributed by atoms with Gasteiger partial charge in [0, 0.05) is 25.0 Å². The summed E-state index contributed by atoms with van der Waals surface area (Å²) in [5, 5.41) is 9.11. The molecule has 1 unspecified atom stereocenters. The Hall–Kier alpha value is -2.47. The third kappa shape index (κ3) is 2.10. The molecule has 6 nitrogen and oxygen atoms in total. The zero-order valence-corrected chi connectivity index (χ0v) is 13.5. The van der Waals surface area contributed by atoms with Crippen molar-refractivity contribution in [1.29, 1.82) is 0 Å². The molecule has 0 amide bonds. The Morgan fingerprint density at radius 3 is 2.83 bits per heavy atom. The number of nitrogens with one attached hydrogen (secondary N) is 1. The second-order valence-electron chi connectivity index (χ2n) is 6.92. The van der Waals surface area contributed by atoms with E-state index in [1.165, 1.54) is 12.8 Å². The van der Waals surface area contributed by atoms with Crippen LogP contribution >= 0.6 is 0 Å². The standard InChI is InChI=1S/C18H20N6/c1-2-4-14(5-3-1)24-17-15(10-22-24)16(20-13-21-17)23-9-7-18(12-23)6-8-19-11-18/h1-5,10,13,19H,6-9,11-12H2. The number of hydrogen-bond donors (Lipinski definition) is 1. The van der Waals surface area contributed by atoms with Crippen molar-refractivity contribution in [2.75, 3.05) is 31.1 Å². The maximum Gasteiger partial charge on any atom is 0.168 e. The molecule has 2 fully saturated rings. The van der Waals surface area contributed by atoms with Crippen molar-refractivity contribution >= 4 is 16.9 Å². The molecule has 2 aliphatic rings. The molecule has 1 atom stereocenters. The third-order valence-corrected chi connectivity index (χ3v) is 5.42. The fourth-order valence-electron chi connectivity index (χ4n) is 4.10. The average molecular weight is 320 g/mol. The van der Waals surface area contributed by atoms with Gasteiger partial charge in [0.15, 0.2) is 5.65 Å². The lowest BCUT2D eigenvalue weighted by Crippen LogP contribution is -2.29. The van der Waals surface area contributed by atoms with E-state index < -0.39 is 0 Å². The Bertz CT molecular complexity index is 866. The lowest BCUT2D eigenvalue weighted by Gasteiger charge is -2.23. The summed E-state index contributed by atoms with van der Waals surface area (Å²) in [7, 11) is 0. The molecule has 0 bridgehead atoms. The van der Waals surface area contributed by atoms with Crippen LogP contribution in [0.25, 0.3) is 16.7 Å². The molecule has 1 spiro atoms. The smallest absolute Gasteiger partial charge is 0.168 e. The van der Waals surface area contributed by atoms with Crippen LogP contribution in [-0.4, -0.2) is 45.9 Å². The summed E-state index contributed by atoms with van der Waals surface area (Å²) in [6, 6.07) is 10.1. The van der Waals surface area contributed by atoms with Gasteiger partial charge in [0.25, 0.3) is 0 Å². The molecule has 3 aromatic rings.